The smallest absolute Gasteiger partial charge is 0.191 e. The zero-order valence-electron chi connectivity index (χ0n) is 14.5. The molecular weight excluding hydrogens is 453 g/mol. The maximum atomic E-state index is 4.61. The van der Waals surface area contributed by atoms with E-state index in [1.807, 2.05) is 6.20 Å². The molecular formula is C16H26IN5S2. The monoisotopic (exact) mass is 479 g/mol. The minimum absolute atomic E-state index is 0. The number of thiazole rings is 2. The molecule has 2 heterocycles. The van der Waals surface area contributed by atoms with Crippen LogP contribution in [0.4, 0.5) is 0 Å². The molecule has 0 fully saturated rings. The number of halogens is 1. The Morgan fingerprint density at radius 1 is 1.17 bits per heavy atom. The van der Waals surface area contributed by atoms with Crippen LogP contribution in [-0.4, -0.2) is 29.0 Å². The van der Waals surface area contributed by atoms with Crippen molar-refractivity contribution in [2.75, 3.05) is 13.1 Å². The third kappa shape index (κ3) is 7.02. The molecule has 0 unspecified atom stereocenters. The fourth-order valence-corrected chi connectivity index (χ4v) is 3.57. The lowest BCUT2D eigenvalue weighted by Gasteiger charge is -2.10. The van der Waals surface area contributed by atoms with Gasteiger partial charge >= 0.3 is 0 Å². The van der Waals surface area contributed by atoms with Gasteiger partial charge in [-0.05, 0) is 19.8 Å². The Morgan fingerprint density at radius 2 is 2.00 bits per heavy atom. The van der Waals surface area contributed by atoms with Crippen LogP contribution in [0.1, 0.15) is 41.4 Å². The van der Waals surface area contributed by atoms with Gasteiger partial charge in [-0.3, -0.25) is 0 Å². The van der Waals surface area contributed by atoms with Crippen molar-refractivity contribution in [2.45, 2.75) is 46.6 Å². The van der Waals surface area contributed by atoms with E-state index in [4.69, 9.17) is 0 Å². The predicted octanol–water partition coefficient (Wildman–Crippen LogP) is 3.64. The van der Waals surface area contributed by atoms with Crippen molar-refractivity contribution >= 4 is 52.6 Å². The molecule has 24 heavy (non-hydrogen) atoms. The molecule has 0 amide bonds. The van der Waals surface area contributed by atoms with Gasteiger partial charge < -0.3 is 10.6 Å². The topological polar surface area (TPSA) is 62.2 Å². The van der Waals surface area contributed by atoms with E-state index in [9.17, 15) is 0 Å². The number of nitrogens with zero attached hydrogens (tertiary/aromatic N) is 3. The predicted molar refractivity (Wildman–Crippen MR) is 115 cm³/mol. The molecule has 5 nitrogen and oxygen atoms in total. The molecule has 2 rings (SSSR count). The van der Waals surface area contributed by atoms with Crippen LogP contribution in [-0.2, 0) is 25.8 Å². The average molecular weight is 479 g/mol. The molecule has 0 saturated carbocycles. The van der Waals surface area contributed by atoms with E-state index in [1.165, 1.54) is 9.88 Å². The second kappa shape index (κ2) is 11.8. The van der Waals surface area contributed by atoms with Gasteiger partial charge in [0.15, 0.2) is 5.96 Å². The summed E-state index contributed by atoms with van der Waals surface area (Å²) in [6.07, 6.45) is 4.91. The van der Waals surface area contributed by atoms with Crippen LogP contribution < -0.4 is 10.6 Å². The summed E-state index contributed by atoms with van der Waals surface area (Å²) in [7, 11) is 0. The number of aliphatic imine (C=N–C) groups is 1. The first-order chi connectivity index (χ1) is 11.2. The summed E-state index contributed by atoms with van der Waals surface area (Å²) in [5.41, 5.74) is 1.16. The van der Waals surface area contributed by atoms with Crippen LogP contribution >= 0.6 is 46.7 Å². The summed E-state index contributed by atoms with van der Waals surface area (Å²) in [4.78, 5) is 14.9. The zero-order valence-corrected chi connectivity index (χ0v) is 18.4. The second-order valence-corrected chi connectivity index (χ2v) is 7.17. The lowest BCUT2D eigenvalue weighted by Crippen LogP contribution is -2.38. The molecule has 2 aromatic heterocycles. The summed E-state index contributed by atoms with van der Waals surface area (Å²) in [5, 5.41) is 11.1. The van der Waals surface area contributed by atoms with Crippen LogP contribution in [0, 0.1) is 0 Å². The number of rotatable bonds is 8. The van der Waals surface area contributed by atoms with Crippen LogP contribution in [0.2, 0.25) is 0 Å². The van der Waals surface area contributed by atoms with Gasteiger partial charge in [-0.1, -0.05) is 13.8 Å². The van der Waals surface area contributed by atoms with Gasteiger partial charge in [0.1, 0.15) is 5.01 Å². The first-order valence-corrected chi connectivity index (χ1v) is 9.83. The molecule has 134 valence electrons. The van der Waals surface area contributed by atoms with Gasteiger partial charge in [0.25, 0.3) is 0 Å². The molecule has 0 spiro atoms. The van der Waals surface area contributed by atoms with Crippen molar-refractivity contribution in [3.05, 3.63) is 32.2 Å². The summed E-state index contributed by atoms with van der Waals surface area (Å²) >= 11 is 3.48. The van der Waals surface area contributed by atoms with E-state index in [1.54, 1.807) is 22.7 Å². The zero-order chi connectivity index (χ0) is 16.5. The van der Waals surface area contributed by atoms with Crippen molar-refractivity contribution in [2.24, 2.45) is 4.99 Å². The first kappa shape index (κ1) is 21.3. The normalized spacial score (nSPS) is 11.2. The SMILES string of the molecule is CCNC(=NCc1ncc(CC)s1)NCCc1csc(CC)n1.I. The van der Waals surface area contributed by atoms with Crippen molar-refractivity contribution in [1.82, 2.24) is 20.6 Å². The maximum absolute atomic E-state index is 4.61. The standard InChI is InChI=1S/C16H25N5S2.HI/c1-4-13-9-19-15(23-13)10-20-16(17-6-3)18-8-7-12-11-22-14(5-2)21-12;/h9,11H,4-8,10H2,1-3H3,(H2,17,18,20);1H. The Balaban J connectivity index is 0.00000288. The maximum Gasteiger partial charge on any atom is 0.191 e. The Morgan fingerprint density at radius 3 is 2.62 bits per heavy atom. The molecule has 0 aromatic carbocycles. The van der Waals surface area contributed by atoms with Gasteiger partial charge in [0.05, 0.1) is 17.2 Å². The van der Waals surface area contributed by atoms with Crippen molar-refractivity contribution in [1.29, 1.82) is 0 Å². The van der Waals surface area contributed by atoms with E-state index in [2.05, 4.69) is 51.7 Å². The van der Waals surface area contributed by atoms with Crippen molar-refractivity contribution in [3.63, 3.8) is 0 Å². The Bertz CT molecular complexity index is 624. The van der Waals surface area contributed by atoms with Gasteiger partial charge in [0.2, 0.25) is 0 Å². The lowest BCUT2D eigenvalue weighted by atomic mass is 10.3. The number of aryl methyl sites for hydroxylation is 2. The second-order valence-electron chi connectivity index (χ2n) is 5.03. The molecule has 2 N–H and O–H groups in total. The summed E-state index contributed by atoms with van der Waals surface area (Å²) in [5.74, 6) is 0.840. The molecule has 0 radical (unpaired) electrons. The third-order valence-corrected chi connectivity index (χ3v) is 5.41. The number of hydrogen-bond donors (Lipinski definition) is 2. The first-order valence-electron chi connectivity index (χ1n) is 8.14. The van der Waals surface area contributed by atoms with E-state index in [-0.39, 0.29) is 24.0 Å². The molecule has 0 bridgehead atoms. The molecule has 0 saturated heterocycles. The minimum Gasteiger partial charge on any atom is -0.357 e. The quantitative estimate of drug-likeness (QED) is 0.345. The largest absolute Gasteiger partial charge is 0.357 e. The number of aromatic nitrogens is 2. The highest BCUT2D eigenvalue weighted by Crippen LogP contribution is 2.14. The van der Waals surface area contributed by atoms with E-state index < -0.39 is 0 Å². The molecule has 0 aliphatic carbocycles. The lowest BCUT2D eigenvalue weighted by molar-refractivity contribution is 0.788. The van der Waals surface area contributed by atoms with Crippen LogP contribution in [0.25, 0.3) is 0 Å². The van der Waals surface area contributed by atoms with Crippen LogP contribution in [0.5, 0.6) is 0 Å². The average Bonchev–Trinajstić information content (AvgIpc) is 3.21. The minimum atomic E-state index is 0. The van der Waals surface area contributed by atoms with Crippen molar-refractivity contribution in [3.8, 4) is 0 Å². The molecule has 0 atom stereocenters. The highest BCUT2D eigenvalue weighted by atomic mass is 127. The van der Waals surface area contributed by atoms with Gasteiger partial charge in [-0.2, -0.15) is 0 Å². The van der Waals surface area contributed by atoms with E-state index in [0.29, 0.717) is 6.54 Å². The molecule has 2 aromatic rings. The molecule has 0 aliphatic rings. The van der Waals surface area contributed by atoms with Gasteiger partial charge in [0, 0.05) is 36.0 Å². The van der Waals surface area contributed by atoms with Crippen molar-refractivity contribution < 1.29 is 0 Å². The highest BCUT2D eigenvalue weighted by Gasteiger charge is 2.03. The highest BCUT2D eigenvalue weighted by molar-refractivity contribution is 14.0. The summed E-state index contributed by atoms with van der Waals surface area (Å²) in [6, 6.07) is 0. The number of hydrogen-bond acceptors (Lipinski definition) is 5. The van der Waals surface area contributed by atoms with Gasteiger partial charge in [-0.25, -0.2) is 15.0 Å². The van der Waals surface area contributed by atoms with Crippen LogP contribution in [0.3, 0.4) is 0 Å². The number of guanidine groups is 1. The third-order valence-electron chi connectivity index (χ3n) is 3.24. The fraction of sp³-hybridized carbons (Fsp3) is 0.562. The molecule has 8 heteroatoms. The van der Waals surface area contributed by atoms with Crippen LogP contribution in [0.15, 0.2) is 16.6 Å². The Hall–Kier alpha value is -0.740. The number of nitrogens with one attached hydrogen (secondary N) is 2. The Kier molecular flexibility index (Phi) is 10.4. The van der Waals surface area contributed by atoms with E-state index >= 15 is 0 Å². The van der Waals surface area contributed by atoms with Gasteiger partial charge in [-0.15, -0.1) is 46.7 Å². The molecule has 0 aliphatic heterocycles. The summed E-state index contributed by atoms with van der Waals surface area (Å²) in [6.45, 7) is 8.66. The summed E-state index contributed by atoms with van der Waals surface area (Å²) < 4.78 is 0. The van der Waals surface area contributed by atoms with E-state index in [0.717, 1.165) is 49.0 Å². The fourth-order valence-electron chi connectivity index (χ4n) is 2.01. The Labute approximate surface area is 169 Å².